The summed E-state index contributed by atoms with van der Waals surface area (Å²) in [7, 11) is 3.55. The van der Waals surface area contributed by atoms with Crippen LogP contribution in [0.5, 0.6) is 5.75 Å². The van der Waals surface area contributed by atoms with Gasteiger partial charge in [0.1, 0.15) is 5.75 Å². The van der Waals surface area contributed by atoms with Crippen molar-refractivity contribution in [1.29, 1.82) is 0 Å². The molecule has 1 amide bonds. The Hall–Kier alpha value is -3.68. The van der Waals surface area contributed by atoms with Crippen molar-refractivity contribution >= 4 is 11.6 Å². The molecule has 1 aliphatic rings. The number of aryl methyl sites for hydroxylation is 1. The summed E-state index contributed by atoms with van der Waals surface area (Å²) in [6.07, 6.45) is 5.74. The Bertz CT molecular complexity index is 1250. The smallest absolute Gasteiger partial charge is 0.272 e. The van der Waals surface area contributed by atoms with Gasteiger partial charge in [0.05, 0.1) is 25.0 Å². The maximum atomic E-state index is 13.1. The average Bonchev–Trinajstić information content (AvgIpc) is 3.45. The van der Waals surface area contributed by atoms with Gasteiger partial charge in [0.25, 0.3) is 5.91 Å². The molecule has 8 nitrogen and oxygen atoms in total. The highest BCUT2D eigenvalue weighted by molar-refractivity contribution is 5.93. The summed E-state index contributed by atoms with van der Waals surface area (Å²) in [6.45, 7) is 2.00. The van der Waals surface area contributed by atoms with Crippen LogP contribution in [0.1, 0.15) is 40.6 Å². The van der Waals surface area contributed by atoms with E-state index in [4.69, 9.17) is 4.74 Å². The first kappa shape index (κ1) is 19.3. The number of nitrogens with zero attached hydrogens (tertiary/aromatic N) is 5. The molecule has 1 fully saturated rings. The normalized spacial score (nSPS) is 14.5. The number of amides is 1. The van der Waals surface area contributed by atoms with E-state index in [1.807, 2.05) is 49.0 Å². The second-order valence-corrected chi connectivity index (χ2v) is 7.96. The largest absolute Gasteiger partial charge is 0.497 e. The zero-order valence-electron chi connectivity index (χ0n) is 17.7. The molecule has 1 atom stereocenters. The molecule has 0 aliphatic heterocycles. The molecule has 0 bridgehead atoms. The average molecular weight is 416 g/mol. The maximum Gasteiger partial charge on any atom is 0.272 e. The van der Waals surface area contributed by atoms with E-state index in [1.54, 1.807) is 30.1 Å². The quantitative estimate of drug-likeness (QED) is 0.521. The van der Waals surface area contributed by atoms with Crippen LogP contribution in [0.3, 0.4) is 0 Å². The lowest BCUT2D eigenvalue weighted by Gasteiger charge is -2.18. The number of benzene rings is 1. The van der Waals surface area contributed by atoms with Gasteiger partial charge in [0, 0.05) is 30.6 Å². The monoisotopic (exact) mass is 416 g/mol. The number of aromatic nitrogens is 5. The second-order valence-electron chi connectivity index (χ2n) is 7.96. The van der Waals surface area contributed by atoms with E-state index in [0.29, 0.717) is 17.3 Å². The minimum absolute atomic E-state index is 0.0452. The van der Waals surface area contributed by atoms with Crippen LogP contribution in [0.25, 0.3) is 16.9 Å². The number of carbonyl (C=O) groups excluding carboxylic acids is 1. The van der Waals surface area contributed by atoms with E-state index in [1.165, 1.54) is 0 Å². The van der Waals surface area contributed by atoms with Crippen molar-refractivity contribution in [3.63, 3.8) is 0 Å². The molecule has 8 heteroatoms. The molecule has 3 heterocycles. The van der Waals surface area contributed by atoms with Gasteiger partial charge in [-0.3, -0.25) is 9.48 Å². The van der Waals surface area contributed by atoms with Crippen LogP contribution in [0.2, 0.25) is 0 Å². The topological polar surface area (TPSA) is 86.3 Å². The van der Waals surface area contributed by atoms with E-state index in [2.05, 4.69) is 20.5 Å². The Morgan fingerprint density at radius 2 is 2.00 bits per heavy atom. The number of hydrogen-bond donors (Lipinski definition) is 1. The Morgan fingerprint density at radius 1 is 1.23 bits per heavy atom. The third-order valence-corrected chi connectivity index (χ3v) is 5.96. The summed E-state index contributed by atoms with van der Waals surface area (Å²) < 4.78 is 8.77. The molecule has 158 valence electrons. The first-order chi connectivity index (χ1) is 15.0. The Morgan fingerprint density at radius 3 is 2.65 bits per heavy atom. The van der Waals surface area contributed by atoms with Gasteiger partial charge in [-0.1, -0.05) is 12.1 Å². The molecule has 0 unspecified atom stereocenters. The number of rotatable bonds is 6. The van der Waals surface area contributed by atoms with Crippen molar-refractivity contribution in [2.24, 2.45) is 13.0 Å². The van der Waals surface area contributed by atoms with Crippen LogP contribution >= 0.6 is 0 Å². The van der Waals surface area contributed by atoms with Gasteiger partial charge in [-0.05, 0) is 49.4 Å². The first-order valence-corrected chi connectivity index (χ1v) is 10.3. The maximum absolute atomic E-state index is 13.1. The fourth-order valence-electron chi connectivity index (χ4n) is 3.89. The minimum Gasteiger partial charge on any atom is -0.497 e. The standard InChI is InChI=1S/C23H24N6O2/c1-14-18(13-25-28(14)2)20-10-11-24-21-12-19(27-29(20)21)23(30)26-22(15-4-5-15)16-6-8-17(31-3)9-7-16/h6-13,15,22H,4-5H2,1-3H3,(H,26,30)/t22-/m0/s1. The van der Waals surface area contributed by atoms with E-state index >= 15 is 0 Å². The molecule has 5 rings (SSSR count). The SMILES string of the molecule is COc1ccc([C@@H](NC(=O)c2cc3nccc(-c4cnn(C)c4C)n3n2)C2CC2)cc1. The van der Waals surface area contributed by atoms with Crippen molar-refractivity contribution in [3.8, 4) is 17.0 Å². The summed E-state index contributed by atoms with van der Waals surface area (Å²) in [6, 6.07) is 11.4. The van der Waals surface area contributed by atoms with Crippen LogP contribution in [0.4, 0.5) is 0 Å². The Balaban J connectivity index is 1.45. The minimum atomic E-state index is -0.202. The van der Waals surface area contributed by atoms with Crippen molar-refractivity contribution in [2.75, 3.05) is 7.11 Å². The molecular formula is C23H24N6O2. The fourth-order valence-corrected chi connectivity index (χ4v) is 3.89. The van der Waals surface area contributed by atoms with Gasteiger partial charge in [0.2, 0.25) is 0 Å². The van der Waals surface area contributed by atoms with Crippen molar-refractivity contribution < 1.29 is 9.53 Å². The van der Waals surface area contributed by atoms with Crippen molar-refractivity contribution in [3.05, 3.63) is 65.7 Å². The van der Waals surface area contributed by atoms with E-state index in [9.17, 15) is 4.79 Å². The van der Waals surface area contributed by atoms with E-state index < -0.39 is 0 Å². The van der Waals surface area contributed by atoms with Gasteiger partial charge in [-0.2, -0.15) is 10.2 Å². The highest BCUT2D eigenvalue weighted by Gasteiger charge is 2.34. The highest BCUT2D eigenvalue weighted by Crippen LogP contribution is 2.41. The molecule has 0 radical (unpaired) electrons. The lowest BCUT2D eigenvalue weighted by Crippen LogP contribution is -2.30. The molecule has 1 aliphatic carbocycles. The van der Waals surface area contributed by atoms with Gasteiger partial charge < -0.3 is 10.1 Å². The Labute approximate surface area is 179 Å². The van der Waals surface area contributed by atoms with Gasteiger partial charge in [-0.15, -0.1) is 0 Å². The number of fused-ring (bicyclic) bond motifs is 1. The predicted octanol–water partition coefficient (Wildman–Crippen LogP) is 3.33. The molecule has 1 N–H and O–H groups in total. The van der Waals surface area contributed by atoms with Crippen LogP contribution in [-0.4, -0.2) is 37.4 Å². The molecule has 1 saturated carbocycles. The van der Waals surface area contributed by atoms with Crippen molar-refractivity contribution in [1.82, 2.24) is 29.7 Å². The molecule has 0 spiro atoms. The fraction of sp³-hybridized carbons (Fsp3) is 0.304. The molecule has 0 saturated heterocycles. The van der Waals surface area contributed by atoms with E-state index in [0.717, 1.165) is 41.1 Å². The lowest BCUT2D eigenvalue weighted by molar-refractivity contribution is 0.0926. The van der Waals surface area contributed by atoms with Crippen LogP contribution in [-0.2, 0) is 7.05 Å². The molecule has 3 aromatic heterocycles. The number of ether oxygens (including phenoxy) is 1. The predicted molar refractivity (Wildman–Crippen MR) is 116 cm³/mol. The molecular weight excluding hydrogens is 392 g/mol. The molecule has 4 aromatic rings. The number of methoxy groups -OCH3 is 1. The Kier molecular flexibility index (Phi) is 4.69. The number of carbonyl (C=O) groups is 1. The number of nitrogens with one attached hydrogen (secondary N) is 1. The van der Waals surface area contributed by atoms with Crippen LogP contribution in [0.15, 0.2) is 48.8 Å². The van der Waals surface area contributed by atoms with Gasteiger partial charge in [0.15, 0.2) is 11.3 Å². The third kappa shape index (κ3) is 3.54. The summed E-state index contributed by atoms with van der Waals surface area (Å²) >= 11 is 0. The zero-order valence-corrected chi connectivity index (χ0v) is 17.7. The first-order valence-electron chi connectivity index (χ1n) is 10.3. The third-order valence-electron chi connectivity index (χ3n) is 5.96. The highest BCUT2D eigenvalue weighted by atomic mass is 16.5. The summed E-state index contributed by atoms with van der Waals surface area (Å²) in [5.74, 6) is 1.04. The van der Waals surface area contributed by atoms with Crippen LogP contribution in [0, 0.1) is 12.8 Å². The van der Waals surface area contributed by atoms with Gasteiger partial charge in [-0.25, -0.2) is 9.50 Å². The van der Waals surface area contributed by atoms with Gasteiger partial charge >= 0.3 is 0 Å². The summed E-state index contributed by atoms with van der Waals surface area (Å²) in [5.41, 5.74) is 4.87. The van der Waals surface area contributed by atoms with Crippen molar-refractivity contribution in [2.45, 2.75) is 25.8 Å². The summed E-state index contributed by atoms with van der Waals surface area (Å²) in [4.78, 5) is 17.5. The van der Waals surface area contributed by atoms with Crippen LogP contribution < -0.4 is 10.1 Å². The molecule has 1 aromatic carbocycles. The van der Waals surface area contributed by atoms with E-state index in [-0.39, 0.29) is 11.9 Å². The lowest BCUT2D eigenvalue weighted by atomic mass is 10.0. The number of hydrogen-bond acceptors (Lipinski definition) is 5. The second kappa shape index (κ2) is 7.54. The summed E-state index contributed by atoms with van der Waals surface area (Å²) in [5, 5.41) is 12.1. The zero-order chi connectivity index (χ0) is 21.5. The molecule has 31 heavy (non-hydrogen) atoms.